The highest BCUT2D eigenvalue weighted by atomic mass is 32.1. The maximum atomic E-state index is 11.9. The molecule has 0 aliphatic heterocycles. The molecule has 0 rings (SSSR count). The largest absolute Gasteiger partial charge is 0.461 e. The molecule has 1 amide bonds. The SMILES string of the molecule is C.C=C(C)C(=O)OCC(C)(COC(=O)C(=C)C)C(=O)N=C=S.CC#N.NCCS. The van der Waals surface area contributed by atoms with Crippen molar-refractivity contribution in [3.05, 3.63) is 24.3 Å². The van der Waals surface area contributed by atoms with E-state index in [0.717, 1.165) is 5.75 Å². The van der Waals surface area contributed by atoms with Gasteiger partial charge in [-0.3, -0.25) is 4.79 Å². The minimum absolute atomic E-state index is 0. The summed E-state index contributed by atoms with van der Waals surface area (Å²) in [5.41, 5.74) is 3.96. The van der Waals surface area contributed by atoms with Gasteiger partial charge in [-0.05, 0) is 33.0 Å². The van der Waals surface area contributed by atoms with Gasteiger partial charge in [-0.25, -0.2) is 9.59 Å². The third-order valence-electron chi connectivity index (χ3n) is 2.53. The number of nitrogens with two attached hydrogens (primary N) is 1. The van der Waals surface area contributed by atoms with Crippen LogP contribution in [-0.2, 0) is 23.9 Å². The summed E-state index contributed by atoms with van der Waals surface area (Å²) >= 11 is 8.17. The molecule has 0 fully saturated rings. The molecule has 0 aromatic heterocycles. The van der Waals surface area contributed by atoms with Gasteiger partial charge >= 0.3 is 11.9 Å². The monoisotopic (exact) mass is 445 g/mol. The predicted molar refractivity (Wildman–Crippen MR) is 121 cm³/mol. The van der Waals surface area contributed by atoms with Crippen molar-refractivity contribution in [3.8, 4) is 6.07 Å². The number of hydrogen-bond acceptors (Lipinski definition) is 9. The first-order chi connectivity index (χ1) is 13.0. The second-order valence-corrected chi connectivity index (χ2v) is 6.15. The molecular formula is C19H31N3O5S2. The molecule has 0 saturated carbocycles. The Morgan fingerprint density at radius 3 is 1.69 bits per heavy atom. The van der Waals surface area contributed by atoms with Gasteiger partial charge in [-0.1, -0.05) is 20.6 Å². The number of nitriles is 1. The van der Waals surface area contributed by atoms with Crippen LogP contribution in [0.15, 0.2) is 29.3 Å². The van der Waals surface area contributed by atoms with E-state index in [1.807, 2.05) is 5.16 Å². The maximum Gasteiger partial charge on any atom is 0.333 e. The average molecular weight is 446 g/mol. The number of amides is 1. The highest BCUT2D eigenvalue weighted by Gasteiger charge is 2.37. The van der Waals surface area contributed by atoms with Crippen LogP contribution < -0.4 is 5.73 Å². The van der Waals surface area contributed by atoms with Crippen molar-refractivity contribution in [1.82, 2.24) is 0 Å². The van der Waals surface area contributed by atoms with Gasteiger partial charge in [0.2, 0.25) is 0 Å². The first-order valence-electron chi connectivity index (χ1n) is 7.86. The van der Waals surface area contributed by atoms with E-state index in [1.54, 1.807) is 6.07 Å². The molecule has 0 radical (unpaired) electrons. The summed E-state index contributed by atoms with van der Waals surface area (Å²) in [4.78, 5) is 38.0. The molecule has 0 aromatic carbocycles. The fourth-order valence-corrected chi connectivity index (χ4v) is 1.12. The quantitative estimate of drug-likeness (QED) is 0.192. The lowest BCUT2D eigenvalue weighted by molar-refractivity contribution is -0.152. The minimum atomic E-state index is -1.36. The molecule has 0 heterocycles. The minimum Gasteiger partial charge on any atom is -0.461 e. The predicted octanol–water partition coefficient (Wildman–Crippen LogP) is 2.90. The zero-order valence-corrected chi connectivity index (χ0v) is 18.3. The van der Waals surface area contributed by atoms with Gasteiger partial charge < -0.3 is 15.2 Å². The van der Waals surface area contributed by atoms with Crippen LogP contribution in [0.5, 0.6) is 0 Å². The average Bonchev–Trinajstić information content (AvgIpc) is 2.64. The number of carbonyl (C=O) groups excluding carboxylic acids is 3. The van der Waals surface area contributed by atoms with E-state index < -0.39 is 23.3 Å². The number of thiocarbonyl (C=S) groups is 1. The lowest BCUT2D eigenvalue weighted by Gasteiger charge is -2.24. The summed E-state index contributed by atoms with van der Waals surface area (Å²) in [6, 6.07) is 1.75. The number of thiol groups is 1. The molecule has 0 unspecified atom stereocenters. The first kappa shape index (κ1) is 34.2. The fraction of sp³-hybridized carbons (Fsp3) is 0.526. The summed E-state index contributed by atoms with van der Waals surface area (Å²) in [5.74, 6) is -1.24. The number of nitrogens with zero attached hydrogens (tertiary/aromatic N) is 2. The van der Waals surface area contributed by atoms with Crippen LogP contribution in [0.4, 0.5) is 0 Å². The van der Waals surface area contributed by atoms with Crippen LogP contribution in [0, 0.1) is 16.7 Å². The standard InChI is InChI=1S/C14H17NO5S.C2H7NS.C2H3N.CH4/c1-9(2)11(16)19-6-14(5,13(18)15-8-21)7-20-12(17)10(3)4;3-1-2-4;1-2-3;/h1,3,6-7H2,2,4-5H3;4H,1-3H2;1H3;1H4. The summed E-state index contributed by atoms with van der Waals surface area (Å²) in [6.45, 7) is 12.7. The van der Waals surface area contributed by atoms with Gasteiger partial charge in [-0.15, -0.1) is 0 Å². The Morgan fingerprint density at radius 2 is 1.48 bits per heavy atom. The van der Waals surface area contributed by atoms with Crippen molar-refractivity contribution in [3.63, 3.8) is 0 Å². The number of hydrogen-bond donors (Lipinski definition) is 2. The molecule has 0 atom stereocenters. The number of rotatable bonds is 8. The molecule has 0 spiro atoms. The Bertz CT molecular complexity index is 619. The van der Waals surface area contributed by atoms with E-state index >= 15 is 0 Å². The van der Waals surface area contributed by atoms with Crippen LogP contribution in [-0.4, -0.2) is 48.5 Å². The van der Waals surface area contributed by atoms with Crippen LogP contribution >= 0.6 is 24.8 Å². The molecule has 0 saturated heterocycles. The maximum absolute atomic E-state index is 11.9. The molecule has 10 heteroatoms. The van der Waals surface area contributed by atoms with Gasteiger partial charge in [-0.2, -0.15) is 22.9 Å². The van der Waals surface area contributed by atoms with Gasteiger partial charge in [0, 0.05) is 30.4 Å². The topological polar surface area (TPSA) is 132 Å². The Kier molecular flexibility index (Phi) is 24.1. The second-order valence-electron chi connectivity index (χ2n) is 5.52. The van der Waals surface area contributed by atoms with Crippen molar-refractivity contribution in [2.24, 2.45) is 16.1 Å². The summed E-state index contributed by atoms with van der Waals surface area (Å²) in [5, 5.41) is 9.26. The number of isothiocyanates is 1. The van der Waals surface area contributed by atoms with E-state index in [4.69, 9.17) is 20.5 Å². The van der Waals surface area contributed by atoms with Crippen molar-refractivity contribution >= 4 is 47.9 Å². The van der Waals surface area contributed by atoms with Crippen molar-refractivity contribution in [1.29, 1.82) is 5.26 Å². The smallest absolute Gasteiger partial charge is 0.333 e. The Morgan fingerprint density at radius 1 is 1.17 bits per heavy atom. The van der Waals surface area contributed by atoms with E-state index in [1.165, 1.54) is 27.7 Å². The highest BCUT2D eigenvalue weighted by Crippen LogP contribution is 2.21. The second kappa shape index (κ2) is 20.4. The number of carbonyl (C=O) groups is 3. The number of aliphatic imine (C=N–C) groups is 1. The van der Waals surface area contributed by atoms with Gasteiger partial charge in [0.1, 0.15) is 18.6 Å². The van der Waals surface area contributed by atoms with Gasteiger partial charge in [0.25, 0.3) is 5.91 Å². The molecular weight excluding hydrogens is 414 g/mol. The van der Waals surface area contributed by atoms with Crippen molar-refractivity contribution < 1.29 is 23.9 Å². The summed E-state index contributed by atoms with van der Waals surface area (Å²) in [6.07, 6.45) is 0. The molecule has 164 valence electrons. The third-order valence-corrected chi connectivity index (χ3v) is 2.88. The van der Waals surface area contributed by atoms with E-state index in [-0.39, 0.29) is 31.8 Å². The fourth-order valence-electron chi connectivity index (χ4n) is 1.04. The molecule has 8 nitrogen and oxygen atoms in total. The zero-order chi connectivity index (χ0) is 22.8. The summed E-state index contributed by atoms with van der Waals surface area (Å²) < 4.78 is 9.87. The Labute approximate surface area is 184 Å². The Balaban J connectivity index is -0.000000337. The van der Waals surface area contributed by atoms with E-state index in [9.17, 15) is 14.4 Å². The summed E-state index contributed by atoms with van der Waals surface area (Å²) in [7, 11) is 0. The molecule has 2 N–H and O–H groups in total. The molecule has 29 heavy (non-hydrogen) atoms. The lowest BCUT2D eigenvalue weighted by atomic mass is 9.92. The molecule has 0 aliphatic carbocycles. The lowest BCUT2D eigenvalue weighted by Crippen LogP contribution is -2.38. The third kappa shape index (κ3) is 18.8. The molecule has 0 aromatic rings. The van der Waals surface area contributed by atoms with Crippen molar-refractivity contribution in [2.75, 3.05) is 25.5 Å². The normalized spacial score (nSPS) is 8.59. The van der Waals surface area contributed by atoms with Crippen LogP contribution in [0.1, 0.15) is 35.1 Å². The first-order valence-corrected chi connectivity index (χ1v) is 8.90. The van der Waals surface area contributed by atoms with Crippen LogP contribution in [0.3, 0.4) is 0 Å². The van der Waals surface area contributed by atoms with Gasteiger partial charge in [0.15, 0.2) is 0 Å². The van der Waals surface area contributed by atoms with Crippen LogP contribution in [0.25, 0.3) is 0 Å². The number of esters is 2. The highest BCUT2D eigenvalue weighted by molar-refractivity contribution is 7.80. The van der Waals surface area contributed by atoms with E-state index in [0.29, 0.717) is 6.54 Å². The van der Waals surface area contributed by atoms with Crippen LogP contribution in [0.2, 0.25) is 0 Å². The van der Waals surface area contributed by atoms with Crippen molar-refractivity contribution in [2.45, 2.75) is 35.1 Å². The van der Waals surface area contributed by atoms with E-state index in [2.05, 4.69) is 43.0 Å². The molecule has 0 bridgehead atoms. The number of ether oxygens (including phenoxy) is 2. The molecule has 0 aliphatic rings. The zero-order valence-electron chi connectivity index (χ0n) is 16.6. The Hall–Kier alpha value is -2.31. The van der Waals surface area contributed by atoms with Gasteiger partial charge in [0.05, 0.1) is 11.2 Å².